The van der Waals surface area contributed by atoms with Crippen LogP contribution in [0.5, 0.6) is 5.75 Å². The largest absolute Gasteiger partial charge is 0.497 e. The number of hydrogen-bond acceptors (Lipinski definition) is 8. The number of thioether (sulfide) groups is 1. The van der Waals surface area contributed by atoms with Crippen molar-refractivity contribution in [3.05, 3.63) is 77.7 Å². The van der Waals surface area contributed by atoms with Crippen LogP contribution in [-0.4, -0.2) is 46.6 Å². The van der Waals surface area contributed by atoms with Crippen molar-refractivity contribution >= 4 is 40.0 Å². The van der Waals surface area contributed by atoms with Crippen molar-refractivity contribution in [3.63, 3.8) is 0 Å². The second kappa shape index (κ2) is 12.8. The molecular weight excluding hydrogens is 532 g/mol. The number of allylic oxidation sites excluding steroid dienone is 1. The lowest BCUT2D eigenvalue weighted by Gasteiger charge is -2.10. The van der Waals surface area contributed by atoms with Crippen molar-refractivity contribution in [3.8, 4) is 28.3 Å². The zero-order valence-corrected chi connectivity index (χ0v) is 23.9. The number of aromatic nitrogens is 3. The van der Waals surface area contributed by atoms with Gasteiger partial charge in [-0.3, -0.25) is 9.36 Å². The van der Waals surface area contributed by atoms with E-state index in [1.807, 2.05) is 46.3 Å². The van der Waals surface area contributed by atoms with Gasteiger partial charge in [0.05, 0.1) is 20.0 Å². The highest BCUT2D eigenvalue weighted by molar-refractivity contribution is 7.99. The quantitative estimate of drug-likeness (QED) is 0.126. The fourth-order valence-corrected chi connectivity index (χ4v) is 5.67. The average Bonchev–Trinajstić information content (AvgIpc) is 3.55. The molecule has 2 aromatic carbocycles. The van der Waals surface area contributed by atoms with Gasteiger partial charge in [-0.05, 0) is 29.2 Å². The summed E-state index contributed by atoms with van der Waals surface area (Å²) in [6, 6.07) is 15.6. The molecule has 2 aromatic heterocycles. The van der Waals surface area contributed by atoms with Gasteiger partial charge in [0, 0.05) is 23.1 Å². The Hall–Kier alpha value is -3.89. The number of ether oxygens (including phenoxy) is 2. The summed E-state index contributed by atoms with van der Waals surface area (Å²) in [5.74, 6) is 1.14. The first-order valence-corrected chi connectivity index (χ1v) is 14.1. The van der Waals surface area contributed by atoms with E-state index >= 15 is 0 Å². The first kappa shape index (κ1) is 28.1. The van der Waals surface area contributed by atoms with Crippen molar-refractivity contribution in [1.29, 1.82) is 0 Å². The predicted octanol–water partition coefficient (Wildman–Crippen LogP) is 6.51. The number of amides is 1. The molecule has 2 heterocycles. The number of nitrogens with one attached hydrogen (secondary N) is 1. The molecule has 1 amide bonds. The van der Waals surface area contributed by atoms with E-state index < -0.39 is 5.97 Å². The van der Waals surface area contributed by atoms with Crippen LogP contribution in [0, 0.1) is 0 Å². The fraction of sp³-hybridized carbons (Fsp3) is 0.241. The number of rotatable bonds is 11. The van der Waals surface area contributed by atoms with Gasteiger partial charge >= 0.3 is 5.97 Å². The van der Waals surface area contributed by atoms with Crippen molar-refractivity contribution in [1.82, 2.24) is 14.8 Å². The molecule has 39 heavy (non-hydrogen) atoms. The molecule has 0 spiro atoms. The van der Waals surface area contributed by atoms with Gasteiger partial charge in [-0.15, -0.1) is 28.1 Å². The van der Waals surface area contributed by atoms with Gasteiger partial charge in [0.2, 0.25) is 5.91 Å². The van der Waals surface area contributed by atoms with Gasteiger partial charge in [-0.2, -0.15) is 0 Å². The van der Waals surface area contributed by atoms with E-state index in [2.05, 4.69) is 48.1 Å². The molecule has 8 nitrogen and oxygen atoms in total. The summed E-state index contributed by atoms with van der Waals surface area (Å²) in [6.45, 7) is 8.66. The van der Waals surface area contributed by atoms with Crippen molar-refractivity contribution in [2.24, 2.45) is 0 Å². The highest BCUT2D eigenvalue weighted by Gasteiger charge is 2.23. The van der Waals surface area contributed by atoms with Crippen LogP contribution in [0.25, 0.3) is 22.5 Å². The average molecular weight is 563 g/mol. The number of thiophene rings is 1. The smallest absolute Gasteiger partial charge is 0.341 e. The molecule has 0 atom stereocenters. The molecule has 0 aliphatic heterocycles. The third-order valence-electron chi connectivity index (χ3n) is 6.03. The minimum atomic E-state index is -0.524. The lowest BCUT2D eigenvalue weighted by molar-refractivity contribution is -0.113. The molecule has 0 unspecified atom stereocenters. The van der Waals surface area contributed by atoms with Crippen LogP contribution in [0.4, 0.5) is 5.00 Å². The molecule has 1 N–H and O–H groups in total. The first-order chi connectivity index (χ1) is 18.9. The summed E-state index contributed by atoms with van der Waals surface area (Å²) >= 11 is 2.54. The number of carbonyl (C=O) groups is 2. The van der Waals surface area contributed by atoms with E-state index in [4.69, 9.17) is 9.47 Å². The first-order valence-electron chi connectivity index (χ1n) is 12.3. The van der Waals surface area contributed by atoms with E-state index in [9.17, 15) is 9.59 Å². The van der Waals surface area contributed by atoms with E-state index in [0.717, 1.165) is 11.1 Å². The van der Waals surface area contributed by atoms with Crippen molar-refractivity contribution in [2.45, 2.75) is 31.5 Å². The Bertz CT molecular complexity index is 1460. The standard InChI is InChI=1S/C29H30N4O4S2/c1-6-15-33-26(21-9-7-19(8-10-21)18(2)3)31-32-29(33)39-17-24(34)30-27-25(28(35)37-5)23(16-38-27)20-11-13-22(36-4)14-12-20/h6-14,16,18H,1,15,17H2,2-5H3,(H,30,34). The minimum absolute atomic E-state index is 0.0813. The van der Waals surface area contributed by atoms with Crippen LogP contribution < -0.4 is 10.1 Å². The summed E-state index contributed by atoms with van der Waals surface area (Å²) in [6.07, 6.45) is 1.77. The topological polar surface area (TPSA) is 95.3 Å². The SMILES string of the molecule is C=CCn1c(SCC(=O)Nc2scc(-c3ccc(OC)cc3)c2C(=O)OC)nnc1-c1ccc(C(C)C)cc1. The van der Waals surface area contributed by atoms with Crippen LogP contribution in [0.1, 0.15) is 35.7 Å². The summed E-state index contributed by atoms with van der Waals surface area (Å²) in [5, 5.41) is 14.4. The fourth-order valence-electron chi connectivity index (χ4n) is 3.95. The zero-order valence-electron chi connectivity index (χ0n) is 22.3. The van der Waals surface area contributed by atoms with E-state index in [1.54, 1.807) is 13.2 Å². The van der Waals surface area contributed by atoms with Gasteiger partial charge in [-0.1, -0.05) is 68.1 Å². The Kier molecular flexibility index (Phi) is 9.21. The monoisotopic (exact) mass is 562 g/mol. The van der Waals surface area contributed by atoms with E-state index in [1.165, 1.54) is 35.8 Å². The van der Waals surface area contributed by atoms with Crippen molar-refractivity contribution < 1.29 is 19.1 Å². The Morgan fingerprint density at radius 3 is 2.38 bits per heavy atom. The molecule has 4 rings (SSSR count). The summed E-state index contributed by atoms with van der Waals surface area (Å²) in [7, 11) is 2.91. The van der Waals surface area contributed by atoms with Crippen LogP contribution in [0.15, 0.2) is 71.7 Å². The zero-order chi connectivity index (χ0) is 27.9. The Morgan fingerprint density at radius 2 is 1.77 bits per heavy atom. The summed E-state index contributed by atoms with van der Waals surface area (Å²) in [4.78, 5) is 25.6. The van der Waals surface area contributed by atoms with Crippen LogP contribution in [-0.2, 0) is 16.1 Å². The maximum absolute atomic E-state index is 13.0. The molecule has 202 valence electrons. The molecule has 10 heteroatoms. The number of anilines is 1. The maximum atomic E-state index is 13.0. The maximum Gasteiger partial charge on any atom is 0.341 e. The lowest BCUT2D eigenvalue weighted by atomic mass is 10.0. The van der Waals surface area contributed by atoms with Gasteiger partial charge in [0.15, 0.2) is 11.0 Å². The minimum Gasteiger partial charge on any atom is -0.497 e. The van der Waals surface area contributed by atoms with Crippen LogP contribution >= 0.6 is 23.1 Å². The molecule has 0 saturated carbocycles. The van der Waals surface area contributed by atoms with Gasteiger partial charge in [0.25, 0.3) is 0 Å². The normalized spacial score (nSPS) is 10.9. The van der Waals surface area contributed by atoms with Gasteiger partial charge < -0.3 is 14.8 Å². The molecule has 0 aliphatic rings. The van der Waals surface area contributed by atoms with Gasteiger partial charge in [-0.25, -0.2) is 4.79 Å². The number of nitrogens with zero attached hydrogens (tertiary/aromatic N) is 3. The second-order valence-electron chi connectivity index (χ2n) is 8.89. The Morgan fingerprint density at radius 1 is 1.08 bits per heavy atom. The van der Waals surface area contributed by atoms with E-state index in [0.29, 0.717) is 45.3 Å². The number of esters is 1. The number of benzene rings is 2. The molecule has 0 fully saturated rings. The highest BCUT2D eigenvalue weighted by atomic mass is 32.2. The third kappa shape index (κ3) is 6.40. The van der Waals surface area contributed by atoms with Crippen LogP contribution in [0.2, 0.25) is 0 Å². The third-order valence-corrected chi connectivity index (χ3v) is 7.89. The predicted molar refractivity (Wildman–Crippen MR) is 157 cm³/mol. The molecule has 0 bridgehead atoms. The lowest BCUT2D eigenvalue weighted by Crippen LogP contribution is -2.16. The van der Waals surface area contributed by atoms with Crippen LogP contribution in [0.3, 0.4) is 0 Å². The molecular formula is C29H30N4O4S2. The molecule has 0 aliphatic carbocycles. The number of methoxy groups -OCH3 is 2. The molecule has 0 radical (unpaired) electrons. The second-order valence-corrected chi connectivity index (χ2v) is 10.7. The highest BCUT2D eigenvalue weighted by Crippen LogP contribution is 2.37. The number of hydrogen-bond donors (Lipinski definition) is 1. The van der Waals surface area contributed by atoms with Gasteiger partial charge in [0.1, 0.15) is 16.3 Å². The molecule has 0 saturated heterocycles. The molecule has 4 aromatic rings. The number of carbonyl (C=O) groups excluding carboxylic acids is 2. The Balaban J connectivity index is 1.51. The summed E-state index contributed by atoms with van der Waals surface area (Å²) in [5.41, 5.74) is 3.99. The van der Waals surface area contributed by atoms with Crippen molar-refractivity contribution in [2.75, 3.05) is 25.3 Å². The Labute approximate surface area is 236 Å². The summed E-state index contributed by atoms with van der Waals surface area (Å²) < 4.78 is 12.2. The van der Waals surface area contributed by atoms with E-state index in [-0.39, 0.29) is 11.7 Å².